The zero-order valence-corrected chi connectivity index (χ0v) is 21.2. The SMILES string of the molecule is CCOc1ccc(C(C(=O)NC2CCCCC2)N(C(=O)c2cnccn2)c2ccc(C(C)=O)cc2)cc1. The summed E-state index contributed by atoms with van der Waals surface area (Å²) in [5.74, 6) is -0.156. The van der Waals surface area contributed by atoms with Gasteiger partial charge in [-0.2, -0.15) is 0 Å². The zero-order valence-electron chi connectivity index (χ0n) is 21.2. The lowest BCUT2D eigenvalue weighted by molar-refractivity contribution is -0.123. The molecule has 1 aromatic heterocycles. The van der Waals surface area contributed by atoms with Crippen LogP contribution in [-0.4, -0.2) is 40.2 Å². The van der Waals surface area contributed by atoms with Gasteiger partial charge in [-0.15, -0.1) is 0 Å². The molecule has 2 amide bonds. The van der Waals surface area contributed by atoms with Crippen LogP contribution >= 0.6 is 0 Å². The first kappa shape index (κ1) is 26.0. The molecule has 0 aliphatic heterocycles. The van der Waals surface area contributed by atoms with E-state index in [9.17, 15) is 14.4 Å². The Morgan fingerprint density at radius 1 is 1.00 bits per heavy atom. The molecule has 192 valence electrons. The molecule has 1 N–H and O–H groups in total. The van der Waals surface area contributed by atoms with Crippen molar-refractivity contribution in [3.05, 3.63) is 83.9 Å². The van der Waals surface area contributed by atoms with Gasteiger partial charge in [0.05, 0.1) is 12.8 Å². The standard InChI is InChI=1S/C29H32N4O4/c1-3-37-25-15-11-22(12-16-25)27(28(35)32-23-7-5-4-6-8-23)33(29(36)26-19-30-17-18-31-26)24-13-9-21(10-14-24)20(2)34/h9-19,23,27H,3-8H2,1-2H3,(H,32,35). The van der Waals surface area contributed by atoms with E-state index in [2.05, 4.69) is 15.3 Å². The van der Waals surface area contributed by atoms with Gasteiger partial charge in [0, 0.05) is 29.7 Å². The van der Waals surface area contributed by atoms with Crippen molar-refractivity contribution < 1.29 is 19.1 Å². The van der Waals surface area contributed by atoms with Gasteiger partial charge in [-0.25, -0.2) is 4.98 Å². The Hall–Kier alpha value is -4.07. The average Bonchev–Trinajstić information content (AvgIpc) is 2.93. The summed E-state index contributed by atoms with van der Waals surface area (Å²) in [6.07, 6.45) is 9.42. The summed E-state index contributed by atoms with van der Waals surface area (Å²) in [6, 6.07) is 12.9. The Kier molecular flexibility index (Phi) is 8.61. The summed E-state index contributed by atoms with van der Waals surface area (Å²) in [5.41, 5.74) is 1.72. The number of benzene rings is 2. The van der Waals surface area contributed by atoms with E-state index >= 15 is 0 Å². The second-order valence-electron chi connectivity index (χ2n) is 9.12. The highest BCUT2D eigenvalue weighted by Crippen LogP contribution is 2.31. The van der Waals surface area contributed by atoms with Gasteiger partial charge in [-0.3, -0.25) is 24.3 Å². The number of nitrogens with one attached hydrogen (secondary N) is 1. The van der Waals surface area contributed by atoms with Crippen LogP contribution in [0, 0.1) is 0 Å². The molecular weight excluding hydrogens is 468 g/mol. The lowest BCUT2D eigenvalue weighted by atomic mass is 9.94. The quantitative estimate of drug-likeness (QED) is 0.419. The van der Waals surface area contributed by atoms with Crippen molar-refractivity contribution in [2.24, 2.45) is 0 Å². The van der Waals surface area contributed by atoms with Crippen molar-refractivity contribution in [1.29, 1.82) is 0 Å². The van der Waals surface area contributed by atoms with Crippen molar-refractivity contribution in [2.75, 3.05) is 11.5 Å². The number of aromatic nitrogens is 2. The highest BCUT2D eigenvalue weighted by Gasteiger charge is 2.35. The maximum atomic E-state index is 13.9. The zero-order chi connectivity index (χ0) is 26.2. The molecule has 1 unspecified atom stereocenters. The third-order valence-corrected chi connectivity index (χ3v) is 6.52. The van der Waals surface area contributed by atoms with Crippen molar-refractivity contribution in [3.63, 3.8) is 0 Å². The molecule has 0 bridgehead atoms. The van der Waals surface area contributed by atoms with E-state index in [4.69, 9.17) is 4.74 Å². The van der Waals surface area contributed by atoms with Crippen molar-refractivity contribution >= 4 is 23.3 Å². The maximum Gasteiger partial charge on any atom is 0.279 e. The molecule has 1 aliphatic rings. The summed E-state index contributed by atoms with van der Waals surface area (Å²) >= 11 is 0. The maximum absolute atomic E-state index is 13.9. The predicted octanol–water partition coefficient (Wildman–Crippen LogP) is 4.91. The fraction of sp³-hybridized carbons (Fsp3) is 0.345. The highest BCUT2D eigenvalue weighted by atomic mass is 16.5. The predicted molar refractivity (Wildman–Crippen MR) is 141 cm³/mol. The number of rotatable bonds is 9. The van der Waals surface area contributed by atoms with Crippen LogP contribution in [0.15, 0.2) is 67.1 Å². The van der Waals surface area contributed by atoms with Gasteiger partial charge in [-0.05, 0) is 68.7 Å². The number of carbonyl (C=O) groups is 3. The number of carbonyl (C=O) groups excluding carboxylic acids is 3. The minimum Gasteiger partial charge on any atom is -0.494 e. The third-order valence-electron chi connectivity index (χ3n) is 6.52. The molecule has 37 heavy (non-hydrogen) atoms. The second-order valence-corrected chi connectivity index (χ2v) is 9.12. The Labute approximate surface area is 217 Å². The van der Waals surface area contributed by atoms with Crippen molar-refractivity contribution in [1.82, 2.24) is 15.3 Å². The molecule has 8 heteroatoms. The van der Waals surface area contributed by atoms with Crippen LogP contribution < -0.4 is 15.0 Å². The average molecular weight is 501 g/mol. The molecule has 1 fully saturated rings. The second kappa shape index (κ2) is 12.3. The lowest BCUT2D eigenvalue weighted by Gasteiger charge is -2.33. The van der Waals surface area contributed by atoms with Crippen molar-refractivity contribution in [3.8, 4) is 5.75 Å². The monoisotopic (exact) mass is 500 g/mol. The molecule has 0 radical (unpaired) electrons. The molecule has 3 aromatic rings. The smallest absolute Gasteiger partial charge is 0.279 e. The Bertz CT molecular complexity index is 1210. The number of anilines is 1. The van der Waals surface area contributed by atoms with E-state index < -0.39 is 11.9 Å². The van der Waals surface area contributed by atoms with Gasteiger partial charge < -0.3 is 10.1 Å². The number of nitrogens with zero attached hydrogens (tertiary/aromatic N) is 3. The summed E-state index contributed by atoms with van der Waals surface area (Å²) in [7, 11) is 0. The van der Waals surface area contributed by atoms with E-state index in [0.717, 1.165) is 32.1 Å². The fourth-order valence-corrected chi connectivity index (χ4v) is 4.63. The van der Waals surface area contributed by atoms with E-state index in [1.54, 1.807) is 48.5 Å². The van der Waals surface area contributed by atoms with Gasteiger partial charge >= 0.3 is 0 Å². The summed E-state index contributed by atoms with van der Waals surface area (Å²) in [6.45, 7) is 3.91. The molecule has 1 atom stereocenters. The number of Topliss-reactive ketones (excluding diaryl/α,β-unsaturated/α-hetero) is 1. The molecule has 1 aliphatic carbocycles. The van der Waals surface area contributed by atoms with E-state index in [1.807, 2.05) is 6.92 Å². The first-order valence-corrected chi connectivity index (χ1v) is 12.7. The Morgan fingerprint density at radius 3 is 2.30 bits per heavy atom. The number of amides is 2. The van der Waals surface area contributed by atoms with Crippen LogP contribution in [-0.2, 0) is 4.79 Å². The van der Waals surface area contributed by atoms with E-state index in [-0.39, 0.29) is 23.4 Å². The van der Waals surface area contributed by atoms with Crippen LogP contribution in [0.2, 0.25) is 0 Å². The van der Waals surface area contributed by atoms with Crippen LogP contribution in [0.3, 0.4) is 0 Å². The number of ether oxygens (including phenoxy) is 1. The fourth-order valence-electron chi connectivity index (χ4n) is 4.63. The Morgan fingerprint density at radius 2 is 1.70 bits per heavy atom. The highest BCUT2D eigenvalue weighted by molar-refractivity contribution is 6.09. The topological polar surface area (TPSA) is 101 Å². The third kappa shape index (κ3) is 6.39. The number of ketones is 1. The molecular formula is C29H32N4O4. The van der Waals surface area contributed by atoms with E-state index in [1.165, 1.54) is 30.4 Å². The van der Waals surface area contributed by atoms with Crippen molar-refractivity contribution in [2.45, 2.75) is 58.0 Å². The molecule has 0 saturated heterocycles. The molecule has 0 spiro atoms. The molecule has 2 aromatic carbocycles. The number of hydrogen-bond acceptors (Lipinski definition) is 6. The van der Waals surface area contributed by atoms with Crippen LogP contribution in [0.25, 0.3) is 0 Å². The molecule has 4 rings (SSSR count). The summed E-state index contributed by atoms with van der Waals surface area (Å²) in [5, 5.41) is 3.19. The summed E-state index contributed by atoms with van der Waals surface area (Å²) < 4.78 is 5.59. The van der Waals surface area contributed by atoms with Gasteiger partial charge in [0.25, 0.3) is 5.91 Å². The van der Waals surface area contributed by atoms with Gasteiger partial charge in [0.1, 0.15) is 17.5 Å². The number of hydrogen-bond donors (Lipinski definition) is 1. The molecule has 1 saturated carbocycles. The normalized spacial score (nSPS) is 14.4. The Balaban J connectivity index is 1.80. The summed E-state index contributed by atoms with van der Waals surface area (Å²) in [4.78, 5) is 49.4. The van der Waals surface area contributed by atoms with Gasteiger partial charge in [0.15, 0.2) is 5.78 Å². The first-order valence-electron chi connectivity index (χ1n) is 12.7. The van der Waals surface area contributed by atoms with Gasteiger partial charge in [0.2, 0.25) is 5.91 Å². The molecule has 8 nitrogen and oxygen atoms in total. The van der Waals surface area contributed by atoms with Crippen LogP contribution in [0.4, 0.5) is 5.69 Å². The van der Waals surface area contributed by atoms with E-state index in [0.29, 0.717) is 29.2 Å². The lowest BCUT2D eigenvalue weighted by Crippen LogP contribution is -2.47. The first-order chi connectivity index (χ1) is 18.0. The molecule has 1 heterocycles. The minimum atomic E-state index is -0.977. The largest absolute Gasteiger partial charge is 0.494 e. The van der Waals surface area contributed by atoms with Crippen LogP contribution in [0.1, 0.15) is 78.4 Å². The van der Waals surface area contributed by atoms with Gasteiger partial charge in [-0.1, -0.05) is 31.4 Å². The van der Waals surface area contributed by atoms with Crippen LogP contribution in [0.5, 0.6) is 5.75 Å². The minimum absolute atomic E-state index is 0.0556.